The maximum Gasteiger partial charge on any atom is 0.193 e. The van der Waals surface area contributed by atoms with E-state index in [4.69, 9.17) is 4.74 Å². The zero-order chi connectivity index (χ0) is 15.8. The third-order valence-corrected chi connectivity index (χ3v) is 4.87. The lowest BCUT2D eigenvalue weighted by atomic mass is 10.1. The number of nitrogens with zero attached hydrogens (tertiary/aromatic N) is 2. The van der Waals surface area contributed by atoms with Crippen LogP contribution in [0.4, 0.5) is 0 Å². The Labute approximate surface area is 138 Å². The number of guanidine groups is 1. The van der Waals surface area contributed by atoms with Gasteiger partial charge in [0.2, 0.25) is 0 Å². The fraction of sp³-hybridized carbons (Fsp3) is 0.588. The number of ether oxygens (including phenoxy) is 1. The van der Waals surface area contributed by atoms with Crippen LogP contribution in [0.1, 0.15) is 13.3 Å². The topological polar surface area (TPSA) is 36.9 Å². The zero-order valence-corrected chi connectivity index (χ0v) is 14.6. The highest BCUT2D eigenvalue weighted by Gasteiger charge is 2.19. The zero-order valence-electron chi connectivity index (χ0n) is 13.8. The summed E-state index contributed by atoms with van der Waals surface area (Å²) in [6.07, 6.45) is 1.15. The molecule has 0 amide bonds. The van der Waals surface area contributed by atoms with Crippen LogP contribution in [0.5, 0.6) is 0 Å². The van der Waals surface area contributed by atoms with E-state index in [-0.39, 0.29) is 0 Å². The van der Waals surface area contributed by atoms with E-state index in [1.54, 1.807) is 0 Å². The number of aliphatic imine (C=N–C) groups is 1. The van der Waals surface area contributed by atoms with Gasteiger partial charge in [-0.05, 0) is 18.6 Å². The molecule has 1 aromatic rings. The molecule has 0 saturated carbocycles. The van der Waals surface area contributed by atoms with E-state index in [0.29, 0.717) is 11.2 Å². The molecule has 0 aromatic heterocycles. The minimum absolute atomic E-state index is 0.488. The maximum absolute atomic E-state index is 5.45. The van der Waals surface area contributed by atoms with Gasteiger partial charge >= 0.3 is 0 Å². The van der Waals surface area contributed by atoms with Crippen molar-refractivity contribution in [1.29, 1.82) is 0 Å². The van der Waals surface area contributed by atoms with Crippen molar-refractivity contribution in [3.8, 4) is 0 Å². The first-order valence-electron chi connectivity index (χ1n) is 7.90. The molecule has 0 aliphatic carbocycles. The Kier molecular flexibility index (Phi) is 7.06. The molecule has 4 nitrogen and oxygen atoms in total. The lowest BCUT2D eigenvalue weighted by Crippen LogP contribution is -2.43. The molecule has 2 atom stereocenters. The molecule has 2 rings (SSSR count). The molecular formula is C17H27N3OS. The molecule has 2 unspecified atom stereocenters. The number of nitrogens with one attached hydrogen (secondary N) is 1. The molecule has 1 fully saturated rings. The van der Waals surface area contributed by atoms with Gasteiger partial charge in [0.05, 0.1) is 6.61 Å². The molecule has 1 N–H and O–H groups in total. The first kappa shape index (κ1) is 17.2. The number of thioether (sulfide) groups is 1. The van der Waals surface area contributed by atoms with Gasteiger partial charge in [0, 0.05) is 49.9 Å². The standard InChI is InChI=1S/C17H27N3OS/c1-14(22-16-7-5-4-6-8-16)11-19-17(18-2)20(3)12-15-9-10-21-13-15/h4-8,14-15H,9-13H2,1-3H3,(H,18,19). The van der Waals surface area contributed by atoms with Crippen LogP contribution in [-0.4, -0.2) is 56.5 Å². The van der Waals surface area contributed by atoms with Crippen LogP contribution in [0.2, 0.25) is 0 Å². The molecule has 1 heterocycles. The van der Waals surface area contributed by atoms with Gasteiger partial charge in [0.15, 0.2) is 5.96 Å². The van der Waals surface area contributed by atoms with Crippen LogP contribution in [0.25, 0.3) is 0 Å². The van der Waals surface area contributed by atoms with Gasteiger partial charge in [-0.2, -0.15) is 0 Å². The normalized spacial score (nSPS) is 20.0. The van der Waals surface area contributed by atoms with Crippen LogP contribution >= 0.6 is 11.8 Å². The lowest BCUT2D eigenvalue weighted by molar-refractivity contribution is 0.181. The van der Waals surface area contributed by atoms with Gasteiger partial charge < -0.3 is 15.0 Å². The van der Waals surface area contributed by atoms with Crippen molar-refractivity contribution in [2.75, 3.05) is 40.4 Å². The van der Waals surface area contributed by atoms with E-state index in [2.05, 4.69) is 59.5 Å². The fourth-order valence-electron chi connectivity index (χ4n) is 2.59. The van der Waals surface area contributed by atoms with Crippen LogP contribution in [0.15, 0.2) is 40.2 Å². The average Bonchev–Trinajstić information content (AvgIpc) is 3.01. The Balaban J connectivity index is 1.75. The molecule has 122 valence electrons. The monoisotopic (exact) mass is 321 g/mol. The van der Waals surface area contributed by atoms with Crippen molar-refractivity contribution in [1.82, 2.24) is 10.2 Å². The second-order valence-electron chi connectivity index (χ2n) is 5.78. The molecular weight excluding hydrogens is 294 g/mol. The Morgan fingerprint density at radius 2 is 2.23 bits per heavy atom. The van der Waals surface area contributed by atoms with Crippen molar-refractivity contribution in [2.45, 2.75) is 23.5 Å². The molecule has 0 bridgehead atoms. The van der Waals surface area contributed by atoms with Gasteiger partial charge in [-0.25, -0.2) is 0 Å². The summed E-state index contributed by atoms with van der Waals surface area (Å²) in [5.41, 5.74) is 0. The van der Waals surface area contributed by atoms with E-state index in [1.165, 1.54) is 4.90 Å². The highest BCUT2D eigenvalue weighted by atomic mass is 32.2. The summed E-state index contributed by atoms with van der Waals surface area (Å²) in [5, 5.41) is 3.97. The van der Waals surface area contributed by atoms with E-state index >= 15 is 0 Å². The molecule has 5 heteroatoms. The second kappa shape index (κ2) is 9.06. The molecule has 1 aliphatic rings. The predicted octanol–water partition coefficient (Wildman–Crippen LogP) is 2.71. The first-order chi connectivity index (χ1) is 10.7. The summed E-state index contributed by atoms with van der Waals surface area (Å²) in [6, 6.07) is 10.5. The highest BCUT2D eigenvalue weighted by molar-refractivity contribution is 8.00. The van der Waals surface area contributed by atoms with Crippen molar-refractivity contribution < 1.29 is 4.74 Å². The lowest BCUT2D eigenvalue weighted by Gasteiger charge is -2.25. The van der Waals surface area contributed by atoms with Crippen LogP contribution < -0.4 is 5.32 Å². The average molecular weight is 321 g/mol. The Hall–Kier alpha value is -1.20. The molecule has 0 radical (unpaired) electrons. The smallest absolute Gasteiger partial charge is 0.193 e. The number of hydrogen-bond acceptors (Lipinski definition) is 3. The van der Waals surface area contributed by atoms with Gasteiger partial charge in [-0.3, -0.25) is 4.99 Å². The van der Waals surface area contributed by atoms with E-state index < -0.39 is 0 Å². The van der Waals surface area contributed by atoms with Crippen LogP contribution in [0.3, 0.4) is 0 Å². The molecule has 1 saturated heterocycles. The first-order valence-corrected chi connectivity index (χ1v) is 8.78. The summed E-state index contributed by atoms with van der Waals surface area (Å²) >= 11 is 1.88. The Morgan fingerprint density at radius 3 is 2.86 bits per heavy atom. The van der Waals surface area contributed by atoms with Crippen LogP contribution in [0, 0.1) is 5.92 Å². The minimum atomic E-state index is 0.488. The van der Waals surface area contributed by atoms with Gasteiger partial charge in [0.1, 0.15) is 0 Å². The van der Waals surface area contributed by atoms with Crippen molar-refractivity contribution in [2.24, 2.45) is 10.9 Å². The second-order valence-corrected chi connectivity index (χ2v) is 7.29. The Bertz CT molecular complexity index is 460. The molecule has 1 aliphatic heterocycles. The summed E-state index contributed by atoms with van der Waals surface area (Å²) < 4.78 is 5.45. The van der Waals surface area contributed by atoms with Gasteiger partial charge in [-0.1, -0.05) is 25.1 Å². The summed E-state index contributed by atoms with van der Waals surface area (Å²) in [7, 11) is 3.95. The summed E-state index contributed by atoms with van der Waals surface area (Å²) in [5.74, 6) is 1.59. The number of rotatable bonds is 6. The summed E-state index contributed by atoms with van der Waals surface area (Å²) in [4.78, 5) is 7.91. The molecule has 0 spiro atoms. The van der Waals surface area contributed by atoms with E-state index in [0.717, 1.165) is 38.7 Å². The maximum atomic E-state index is 5.45. The van der Waals surface area contributed by atoms with Crippen molar-refractivity contribution in [3.05, 3.63) is 30.3 Å². The molecule has 22 heavy (non-hydrogen) atoms. The van der Waals surface area contributed by atoms with E-state index in [1.807, 2.05) is 18.8 Å². The predicted molar refractivity (Wildman–Crippen MR) is 94.7 cm³/mol. The van der Waals surface area contributed by atoms with Gasteiger partial charge in [-0.15, -0.1) is 11.8 Å². The molecule has 1 aromatic carbocycles. The number of benzene rings is 1. The largest absolute Gasteiger partial charge is 0.381 e. The third-order valence-electron chi connectivity index (χ3n) is 3.76. The van der Waals surface area contributed by atoms with Crippen molar-refractivity contribution >= 4 is 17.7 Å². The van der Waals surface area contributed by atoms with Crippen molar-refractivity contribution in [3.63, 3.8) is 0 Å². The Morgan fingerprint density at radius 1 is 1.45 bits per heavy atom. The SMILES string of the molecule is CN=C(NCC(C)Sc1ccccc1)N(C)CC1CCOC1. The number of hydrogen-bond donors (Lipinski definition) is 1. The van der Waals surface area contributed by atoms with Crippen LogP contribution in [-0.2, 0) is 4.74 Å². The quantitative estimate of drug-likeness (QED) is 0.496. The fourth-order valence-corrected chi connectivity index (χ4v) is 3.54. The summed E-state index contributed by atoms with van der Waals surface area (Å²) in [6.45, 7) is 5.91. The third kappa shape index (κ3) is 5.54. The minimum Gasteiger partial charge on any atom is -0.381 e. The highest BCUT2D eigenvalue weighted by Crippen LogP contribution is 2.22. The van der Waals surface area contributed by atoms with Gasteiger partial charge in [0.25, 0.3) is 0 Å². The van der Waals surface area contributed by atoms with E-state index in [9.17, 15) is 0 Å².